The third kappa shape index (κ3) is 4.32. The van der Waals surface area contributed by atoms with Crippen molar-refractivity contribution in [2.45, 2.75) is 6.92 Å². The molecule has 2 aromatic rings. The molecule has 3 heterocycles. The van der Waals surface area contributed by atoms with Gasteiger partial charge < -0.3 is 19.6 Å². The van der Waals surface area contributed by atoms with Gasteiger partial charge in [0.15, 0.2) is 0 Å². The van der Waals surface area contributed by atoms with E-state index in [4.69, 9.17) is 0 Å². The van der Waals surface area contributed by atoms with Crippen LogP contribution in [0.15, 0.2) is 36.7 Å². The molecule has 4 rings (SSSR count). The maximum Gasteiger partial charge on any atom is 0.274 e. The Morgan fingerprint density at radius 1 is 0.931 bits per heavy atom. The lowest BCUT2D eigenvalue weighted by atomic mass is 10.2. The molecule has 0 N–H and O–H groups in total. The first kappa shape index (κ1) is 19.6. The summed E-state index contributed by atoms with van der Waals surface area (Å²) in [6.45, 7) is 9.39. The highest BCUT2D eigenvalue weighted by Gasteiger charge is 2.25. The molecule has 0 radical (unpaired) electrons. The number of aromatic nitrogens is 2. The third-order valence-electron chi connectivity index (χ3n) is 5.76. The Balaban J connectivity index is 1.34. The van der Waals surface area contributed by atoms with Gasteiger partial charge in [0, 0.05) is 52.4 Å². The van der Waals surface area contributed by atoms with E-state index in [-0.39, 0.29) is 11.7 Å². The van der Waals surface area contributed by atoms with Crippen molar-refractivity contribution in [3.8, 4) is 0 Å². The first-order chi connectivity index (χ1) is 14.2. The number of carbonyl (C=O) groups is 1. The van der Waals surface area contributed by atoms with Crippen LogP contribution in [0.5, 0.6) is 0 Å². The summed E-state index contributed by atoms with van der Waals surface area (Å²) in [7, 11) is 0. The van der Waals surface area contributed by atoms with Crippen LogP contribution in [-0.2, 0) is 0 Å². The summed E-state index contributed by atoms with van der Waals surface area (Å²) in [5, 5.41) is 0. The van der Waals surface area contributed by atoms with Gasteiger partial charge in [-0.15, -0.1) is 0 Å². The molecule has 29 heavy (non-hydrogen) atoms. The fourth-order valence-electron chi connectivity index (χ4n) is 3.91. The van der Waals surface area contributed by atoms with E-state index in [1.54, 1.807) is 29.4 Å². The Morgan fingerprint density at radius 2 is 1.62 bits per heavy atom. The van der Waals surface area contributed by atoms with Gasteiger partial charge in [-0.2, -0.15) is 0 Å². The molecule has 1 amide bonds. The van der Waals surface area contributed by atoms with Gasteiger partial charge in [0.05, 0.1) is 18.1 Å². The van der Waals surface area contributed by atoms with Crippen LogP contribution in [0.4, 0.5) is 15.9 Å². The lowest BCUT2D eigenvalue weighted by molar-refractivity contribution is 0.0740. The van der Waals surface area contributed by atoms with E-state index in [2.05, 4.69) is 26.7 Å². The largest absolute Gasteiger partial charge is 0.366 e. The summed E-state index contributed by atoms with van der Waals surface area (Å²) in [5.74, 6) is 0.475. The Hall–Kier alpha value is -2.74. The number of rotatable bonds is 4. The predicted octanol–water partition coefficient (Wildman–Crippen LogP) is 1.72. The topological polar surface area (TPSA) is 55.8 Å². The van der Waals surface area contributed by atoms with Gasteiger partial charge in [-0.3, -0.25) is 4.79 Å². The van der Waals surface area contributed by atoms with Crippen LogP contribution in [0, 0.1) is 5.82 Å². The number of nitrogens with zero attached hydrogens (tertiary/aromatic N) is 6. The number of halogens is 1. The SMILES string of the molecule is CCN1CCN(c2cnc(C(=O)N3CCN(c4ccccc4F)CC3)cn2)CC1. The van der Waals surface area contributed by atoms with Gasteiger partial charge in [-0.25, -0.2) is 14.4 Å². The minimum Gasteiger partial charge on any atom is -0.366 e. The lowest BCUT2D eigenvalue weighted by Gasteiger charge is -2.36. The molecule has 1 aromatic carbocycles. The van der Waals surface area contributed by atoms with Gasteiger partial charge in [-0.05, 0) is 18.7 Å². The second kappa shape index (κ2) is 8.73. The number of para-hydroxylation sites is 1. The molecule has 154 valence electrons. The molecular formula is C21H27FN6O. The van der Waals surface area contributed by atoms with Gasteiger partial charge in [0.2, 0.25) is 0 Å². The van der Waals surface area contributed by atoms with E-state index in [1.807, 2.05) is 11.0 Å². The normalized spacial score (nSPS) is 18.2. The van der Waals surface area contributed by atoms with Gasteiger partial charge in [-0.1, -0.05) is 19.1 Å². The number of benzene rings is 1. The molecule has 0 unspecified atom stereocenters. The van der Waals surface area contributed by atoms with Crippen molar-refractivity contribution in [2.24, 2.45) is 0 Å². The molecule has 1 aromatic heterocycles. The van der Waals surface area contributed by atoms with Crippen molar-refractivity contribution in [1.82, 2.24) is 19.8 Å². The van der Waals surface area contributed by atoms with Gasteiger partial charge in [0.1, 0.15) is 17.3 Å². The summed E-state index contributed by atoms with van der Waals surface area (Å²) in [4.78, 5) is 30.0. The molecule has 2 aliphatic heterocycles. The van der Waals surface area contributed by atoms with Crippen LogP contribution in [0.25, 0.3) is 0 Å². The molecule has 0 bridgehead atoms. The van der Waals surface area contributed by atoms with Gasteiger partial charge >= 0.3 is 0 Å². The average molecular weight is 398 g/mol. The zero-order chi connectivity index (χ0) is 20.2. The monoisotopic (exact) mass is 398 g/mol. The summed E-state index contributed by atoms with van der Waals surface area (Å²) in [6, 6.07) is 6.75. The molecule has 0 aliphatic carbocycles. The highest BCUT2D eigenvalue weighted by atomic mass is 19.1. The summed E-state index contributed by atoms with van der Waals surface area (Å²) >= 11 is 0. The van der Waals surface area contributed by atoms with Crippen LogP contribution in [0.1, 0.15) is 17.4 Å². The minimum atomic E-state index is -0.228. The number of anilines is 2. The maximum absolute atomic E-state index is 14.0. The highest BCUT2D eigenvalue weighted by molar-refractivity contribution is 5.92. The van der Waals surface area contributed by atoms with Crippen molar-refractivity contribution in [3.05, 3.63) is 48.2 Å². The lowest BCUT2D eigenvalue weighted by Crippen LogP contribution is -2.49. The molecule has 2 saturated heterocycles. The van der Waals surface area contributed by atoms with E-state index in [0.29, 0.717) is 37.6 Å². The minimum absolute atomic E-state index is 0.118. The van der Waals surface area contributed by atoms with Crippen LogP contribution in [-0.4, -0.2) is 84.6 Å². The second-order valence-electron chi connectivity index (χ2n) is 7.41. The maximum atomic E-state index is 14.0. The highest BCUT2D eigenvalue weighted by Crippen LogP contribution is 2.21. The quantitative estimate of drug-likeness (QED) is 0.782. The third-order valence-corrected chi connectivity index (χ3v) is 5.76. The van der Waals surface area contributed by atoms with Crippen LogP contribution in [0.2, 0.25) is 0 Å². The Bertz CT molecular complexity index is 829. The number of piperazine rings is 2. The number of hydrogen-bond donors (Lipinski definition) is 0. The summed E-state index contributed by atoms with van der Waals surface area (Å²) in [5.41, 5.74) is 0.951. The zero-order valence-electron chi connectivity index (χ0n) is 16.8. The van der Waals surface area contributed by atoms with Crippen LogP contribution < -0.4 is 9.80 Å². The fraction of sp³-hybridized carbons (Fsp3) is 0.476. The molecule has 2 fully saturated rings. The number of hydrogen-bond acceptors (Lipinski definition) is 6. The van der Waals surface area contributed by atoms with E-state index >= 15 is 0 Å². The number of likely N-dealkylation sites (N-methyl/N-ethyl adjacent to an activating group) is 1. The van der Waals surface area contributed by atoms with Gasteiger partial charge in [0.25, 0.3) is 5.91 Å². The molecule has 0 atom stereocenters. The molecule has 8 heteroatoms. The smallest absolute Gasteiger partial charge is 0.274 e. The second-order valence-corrected chi connectivity index (χ2v) is 7.41. The predicted molar refractivity (Wildman–Crippen MR) is 111 cm³/mol. The molecule has 0 spiro atoms. The molecule has 0 saturated carbocycles. The van der Waals surface area contributed by atoms with E-state index in [1.165, 1.54) is 6.07 Å². The van der Waals surface area contributed by atoms with Crippen LogP contribution >= 0.6 is 0 Å². The Morgan fingerprint density at radius 3 is 2.24 bits per heavy atom. The van der Waals surface area contributed by atoms with E-state index in [0.717, 1.165) is 38.5 Å². The van der Waals surface area contributed by atoms with Crippen molar-refractivity contribution in [3.63, 3.8) is 0 Å². The van der Waals surface area contributed by atoms with Crippen molar-refractivity contribution in [1.29, 1.82) is 0 Å². The Labute approximate surface area is 170 Å². The van der Waals surface area contributed by atoms with E-state index < -0.39 is 0 Å². The first-order valence-electron chi connectivity index (χ1n) is 10.2. The fourth-order valence-corrected chi connectivity index (χ4v) is 3.91. The van der Waals surface area contributed by atoms with Crippen molar-refractivity contribution in [2.75, 3.05) is 68.7 Å². The summed E-state index contributed by atoms with van der Waals surface area (Å²) in [6.07, 6.45) is 3.28. The first-order valence-corrected chi connectivity index (χ1v) is 10.2. The summed E-state index contributed by atoms with van der Waals surface area (Å²) < 4.78 is 14.0. The van der Waals surface area contributed by atoms with Crippen molar-refractivity contribution >= 4 is 17.4 Å². The van der Waals surface area contributed by atoms with E-state index in [9.17, 15) is 9.18 Å². The zero-order valence-corrected chi connectivity index (χ0v) is 16.8. The van der Waals surface area contributed by atoms with Crippen LogP contribution in [0.3, 0.4) is 0 Å². The molecule has 2 aliphatic rings. The molecule has 7 nitrogen and oxygen atoms in total. The molecular weight excluding hydrogens is 371 g/mol. The Kier molecular flexibility index (Phi) is 5.89. The average Bonchev–Trinajstić information content (AvgIpc) is 2.79. The number of carbonyl (C=O) groups excluding carboxylic acids is 1. The van der Waals surface area contributed by atoms with Crippen molar-refractivity contribution < 1.29 is 9.18 Å². The standard InChI is InChI=1S/C21H27FN6O/c1-2-25-7-9-27(10-8-25)20-16-23-18(15-24-20)21(29)28-13-11-26(12-14-28)19-6-4-3-5-17(19)22/h3-6,15-16H,2,7-14H2,1H3. The number of amides is 1.